The van der Waals surface area contributed by atoms with Crippen molar-refractivity contribution in [1.82, 2.24) is 24.6 Å². The van der Waals surface area contributed by atoms with Gasteiger partial charge in [-0.25, -0.2) is 0 Å². The molecule has 0 radical (unpaired) electrons. The molecule has 74 heavy (non-hydrogen) atoms. The highest BCUT2D eigenvalue weighted by molar-refractivity contribution is 7.99. The van der Waals surface area contributed by atoms with E-state index in [0.29, 0.717) is 122 Å². The Morgan fingerprint density at radius 3 is 1.66 bits per heavy atom. The number of fused-ring (bicyclic) bond motifs is 4. The second-order valence-electron chi connectivity index (χ2n) is 19.3. The molecule has 4 aliphatic rings. The standard InChI is InChI=1S/C55H73N7O11S/c1-10-37-22-41-30-56-46-28-50(48(66-7)26-44(46)53(64)61(41)32-37)72-34-39-24-43(71-17-14-60(36-55(3,4)74-9)52(63)12-15-68-18-20-70-21-19-69-16-13-59(5)6)25-40(58-39)35-73-51-29-47-45(27-49(51)67-8)54(65)62-33-38(11-2)23-42(62)31-57-47/h10-11,24-31,41-42H,12-23,32-36H2,1-9H3/b37-10+,38-11+/t41-,42-/m0/s1. The SMILES string of the molecule is C/C=C1\C[C@H]2C=Nc3cc(OCc4cc(OCCN(CC(C)(C)SC)C(=O)CCOCCOCCOCCN(C)C)cc(COc5cc6c(cc5OC)C(=O)N5C/C(=C/C)C[C@H]5C=N6)n4)c(OC)cc3C(=O)N2C1. The summed E-state index contributed by atoms with van der Waals surface area (Å²) in [6.45, 7) is 13.8. The normalized spacial score (nSPS) is 18.1. The van der Waals surface area contributed by atoms with E-state index in [1.54, 1.807) is 48.2 Å². The largest absolute Gasteiger partial charge is 0.493 e. The van der Waals surface area contributed by atoms with Gasteiger partial charge in [0, 0.05) is 67.6 Å². The number of methoxy groups -OCH3 is 2. The van der Waals surface area contributed by atoms with Crippen LogP contribution in [0.1, 0.15) is 79.1 Å². The van der Waals surface area contributed by atoms with E-state index in [-0.39, 0.29) is 67.4 Å². The van der Waals surface area contributed by atoms with Crippen molar-refractivity contribution < 1.29 is 52.3 Å². The fourth-order valence-corrected chi connectivity index (χ4v) is 9.16. The summed E-state index contributed by atoms with van der Waals surface area (Å²) in [4.78, 5) is 63.2. The smallest absolute Gasteiger partial charge is 0.257 e. The molecule has 0 spiro atoms. The molecular weight excluding hydrogens is 967 g/mol. The molecule has 2 saturated heterocycles. The Bertz CT molecular complexity index is 2450. The van der Waals surface area contributed by atoms with Crippen LogP contribution in [0.3, 0.4) is 0 Å². The van der Waals surface area contributed by atoms with Crippen molar-refractivity contribution in [2.45, 2.75) is 77.0 Å². The average Bonchev–Trinajstić information content (AvgIpc) is 3.97. The molecule has 4 aliphatic heterocycles. The second kappa shape index (κ2) is 26.5. The van der Waals surface area contributed by atoms with E-state index in [0.717, 1.165) is 19.4 Å². The lowest BCUT2D eigenvalue weighted by Crippen LogP contribution is -2.43. The molecule has 1 aromatic heterocycles. The molecule has 3 amide bonds. The summed E-state index contributed by atoms with van der Waals surface area (Å²) in [6.07, 6.45) is 11.5. The molecule has 7 rings (SSSR count). The lowest BCUT2D eigenvalue weighted by Gasteiger charge is -2.31. The first-order valence-corrected chi connectivity index (χ1v) is 26.5. The third-order valence-corrected chi connectivity index (χ3v) is 14.5. The first kappa shape index (κ1) is 55.8. The number of carbonyl (C=O) groups excluding carboxylic acids is 3. The molecule has 2 aromatic carbocycles. The van der Waals surface area contributed by atoms with Crippen molar-refractivity contribution in [3.05, 3.63) is 82.2 Å². The van der Waals surface area contributed by atoms with Crippen LogP contribution >= 0.6 is 11.8 Å². The summed E-state index contributed by atoms with van der Waals surface area (Å²) in [5.74, 6) is 1.72. The summed E-state index contributed by atoms with van der Waals surface area (Å²) in [6, 6.07) is 10.1. The molecule has 19 heteroatoms. The van der Waals surface area contributed by atoms with Gasteiger partial charge in [0.1, 0.15) is 25.6 Å². The Labute approximate surface area is 440 Å². The number of hydrogen-bond donors (Lipinski definition) is 0. The maximum Gasteiger partial charge on any atom is 0.257 e. The van der Waals surface area contributed by atoms with Gasteiger partial charge in [0.25, 0.3) is 11.8 Å². The van der Waals surface area contributed by atoms with Crippen LogP contribution in [-0.2, 0) is 32.2 Å². The minimum Gasteiger partial charge on any atom is -0.493 e. The Kier molecular flexibility index (Phi) is 19.9. The summed E-state index contributed by atoms with van der Waals surface area (Å²) < 4.78 is 47.5. The van der Waals surface area contributed by atoms with E-state index < -0.39 is 0 Å². The number of likely N-dealkylation sites (N-methyl/N-ethyl adjacent to an activating group) is 1. The van der Waals surface area contributed by atoms with Crippen LogP contribution in [0.5, 0.6) is 28.7 Å². The summed E-state index contributed by atoms with van der Waals surface area (Å²) in [5.41, 5.74) is 5.25. The maximum atomic E-state index is 13.8. The number of hydrogen-bond acceptors (Lipinski definition) is 16. The van der Waals surface area contributed by atoms with Gasteiger partial charge in [-0.05, 0) is 73.0 Å². The number of aliphatic imine (C=N–C) groups is 2. The zero-order valence-corrected chi connectivity index (χ0v) is 45.3. The van der Waals surface area contributed by atoms with Gasteiger partial charge in [-0.3, -0.25) is 29.4 Å². The third-order valence-electron chi connectivity index (χ3n) is 13.3. The Morgan fingerprint density at radius 1 is 0.689 bits per heavy atom. The molecule has 0 unspecified atom stereocenters. The van der Waals surface area contributed by atoms with Crippen molar-refractivity contribution in [3.63, 3.8) is 0 Å². The van der Waals surface area contributed by atoms with E-state index in [1.165, 1.54) is 25.4 Å². The monoisotopic (exact) mass is 1040 g/mol. The number of thioether (sulfide) groups is 1. The third kappa shape index (κ3) is 14.6. The van der Waals surface area contributed by atoms with Gasteiger partial charge < -0.3 is 57.5 Å². The first-order chi connectivity index (χ1) is 35.7. The predicted molar refractivity (Wildman–Crippen MR) is 287 cm³/mol. The zero-order valence-electron chi connectivity index (χ0n) is 44.5. The van der Waals surface area contributed by atoms with Gasteiger partial charge in [0.05, 0.1) is 113 Å². The quantitative estimate of drug-likeness (QED) is 0.0547. The zero-order chi connectivity index (χ0) is 52.8. The van der Waals surface area contributed by atoms with E-state index >= 15 is 0 Å². The molecular formula is C55H73N7O11S. The van der Waals surface area contributed by atoms with Crippen LogP contribution in [-0.4, -0.2) is 185 Å². The van der Waals surface area contributed by atoms with Crippen LogP contribution in [0.15, 0.2) is 69.7 Å². The molecule has 18 nitrogen and oxygen atoms in total. The number of ether oxygens (including phenoxy) is 8. The molecule has 0 aliphatic carbocycles. The van der Waals surface area contributed by atoms with Crippen LogP contribution in [0.4, 0.5) is 11.4 Å². The predicted octanol–water partition coefficient (Wildman–Crippen LogP) is 7.36. The molecule has 3 aromatic rings. The summed E-state index contributed by atoms with van der Waals surface area (Å²) in [5, 5.41) is 0. The van der Waals surface area contributed by atoms with Crippen molar-refractivity contribution in [2.75, 3.05) is 114 Å². The van der Waals surface area contributed by atoms with Gasteiger partial charge in [0.2, 0.25) is 5.91 Å². The lowest BCUT2D eigenvalue weighted by molar-refractivity contribution is -0.133. The Balaban J connectivity index is 1.06. The van der Waals surface area contributed by atoms with Crippen molar-refractivity contribution in [1.29, 1.82) is 0 Å². The minimum atomic E-state index is -0.214. The molecule has 0 saturated carbocycles. The number of nitrogens with zero attached hydrogens (tertiary/aromatic N) is 7. The van der Waals surface area contributed by atoms with Crippen LogP contribution in [0.25, 0.3) is 0 Å². The number of aromatic nitrogens is 1. The number of allylic oxidation sites excluding steroid dienone is 2. The van der Waals surface area contributed by atoms with Crippen molar-refractivity contribution in [3.8, 4) is 28.7 Å². The maximum absolute atomic E-state index is 13.8. The first-order valence-electron chi connectivity index (χ1n) is 25.2. The van der Waals surface area contributed by atoms with Crippen molar-refractivity contribution >= 4 is 53.3 Å². The van der Waals surface area contributed by atoms with E-state index in [4.69, 9.17) is 52.9 Å². The highest BCUT2D eigenvalue weighted by Gasteiger charge is 2.36. The molecule has 5 heterocycles. The van der Waals surface area contributed by atoms with Crippen LogP contribution in [0, 0.1) is 0 Å². The van der Waals surface area contributed by atoms with Gasteiger partial charge in [-0.2, -0.15) is 11.8 Å². The van der Waals surface area contributed by atoms with E-state index in [1.807, 2.05) is 61.3 Å². The fourth-order valence-electron chi connectivity index (χ4n) is 8.88. The molecule has 400 valence electrons. The second-order valence-corrected chi connectivity index (χ2v) is 20.8. The Hall–Kier alpha value is -5.99. The minimum absolute atomic E-state index is 0.00980. The van der Waals surface area contributed by atoms with Crippen molar-refractivity contribution in [2.24, 2.45) is 9.98 Å². The molecule has 2 fully saturated rings. The average molecular weight is 1040 g/mol. The highest BCUT2D eigenvalue weighted by Crippen LogP contribution is 2.41. The molecule has 2 atom stereocenters. The number of carbonyl (C=O) groups is 3. The lowest BCUT2D eigenvalue weighted by atomic mass is 10.1. The highest BCUT2D eigenvalue weighted by atomic mass is 32.2. The van der Waals surface area contributed by atoms with E-state index in [9.17, 15) is 14.4 Å². The summed E-state index contributed by atoms with van der Waals surface area (Å²) >= 11 is 1.69. The fraction of sp³-hybridized carbons (Fsp3) is 0.527. The van der Waals surface area contributed by atoms with Crippen LogP contribution < -0.4 is 23.7 Å². The van der Waals surface area contributed by atoms with E-state index in [2.05, 4.69) is 30.9 Å². The van der Waals surface area contributed by atoms with Gasteiger partial charge in [-0.1, -0.05) is 23.3 Å². The molecule has 0 N–H and O–H groups in total. The number of rotatable bonds is 27. The number of pyridine rings is 1. The summed E-state index contributed by atoms with van der Waals surface area (Å²) in [7, 11) is 7.07. The molecule has 0 bridgehead atoms. The van der Waals surface area contributed by atoms with Gasteiger partial charge in [0.15, 0.2) is 23.0 Å². The topological polar surface area (TPSA) is 176 Å². The Morgan fingerprint density at radius 2 is 1.19 bits per heavy atom. The number of amides is 3. The number of benzene rings is 2. The van der Waals surface area contributed by atoms with Crippen LogP contribution in [0.2, 0.25) is 0 Å². The van der Waals surface area contributed by atoms with Gasteiger partial charge in [-0.15, -0.1) is 0 Å². The van der Waals surface area contributed by atoms with Gasteiger partial charge >= 0.3 is 0 Å².